The standard InChI is InChI=1S/C37H45N3O5/c1-25(2)21-32(36(44)38-30(24-41)20-19-28-14-7-9-18-34(28)42)40-37(45)33(39-35(43)22-26-11-4-3-5-12-26)23-29-16-10-15-27-13-6-8-17-31(27)29/h3-6,8,10-13,15-17,24-25,28,30,32-33H,7,9,14,18-23H2,1-2H3,(H,38,44)(H,39,43)(H,40,45)/t28-,30+,32+,33+/m1/s1. The molecule has 0 spiro atoms. The Morgan fingerprint density at radius 1 is 0.844 bits per heavy atom. The van der Waals surface area contributed by atoms with Gasteiger partial charge in [0.15, 0.2) is 0 Å². The molecule has 1 aliphatic rings. The van der Waals surface area contributed by atoms with Gasteiger partial charge in [0, 0.05) is 18.8 Å². The lowest BCUT2D eigenvalue weighted by Crippen LogP contribution is -2.56. The van der Waals surface area contributed by atoms with Gasteiger partial charge in [-0.05, 0) is 59.9 Å². The van der Waals surface area contributed by atoms with Crippen LogP contribution < -0.4 is 16.0 Å². The van der Waals surface area contributed by atoms with E-state index in [0.717, 1.165) is 41.2 Å². The number of hydrogen-bond acceptors (Lipinski definition) is 5. The van der Waals surface area contributed by atoms with E-state index in [2.05, 4.69) is 16.0 Å². The van der Waals surface area contributed by atoms with Crippen LogP contribution in [0.1, 0.15) is 69.9 Å². The molecular weight excluding hydrogens is 566 g/mol. The normalized spacial score (nSPS) is 16.9. The lowest BCUT2D eigenvalue weighted by atomic mass is 9.84. The lowest BCUT2D eigenvalue weighted by molar-refractivity contribution is -0.133. The summed E-state index contributed by atoms with van der Waals surface area (Å²) in [5.74, 6) is -0.999. The van der Waals surface area contributed by atoms with Gasteiger partial charge in [-0.15, -0.1) is 0 Å². The molecule has 45 heavy (non-hydrogen) atoms. The minimum Gasteiger partial charge on any atom is -0.345 e. The first-order valence-corrected chi connectivity index (χ1v) is 16.1. The third-order valence-electron chi connectivity index (χ3n) is 8.50. The Labute approximate surface area is 265 Å². The molecule has 1 aliphatic carbocycles. The van der Waals surface area contributed by atoms with Crippen LogP contribution in [-0.2, 0) is 36.8 Å². The van der Waals surface area contributed by atoms with Crippen LogP contribution in [0.2, 0.25) is 0 Å². The van der Waals surface area contributed by atoms with Gasteiger partial charge >= 0.3 is 0 Å². The minimum absolute atomic E-state index is 0.0692. The Morgan fingerprint density at radius 2 is 1.56 bits per heavy atom. The fraction of sp³-hybridized carbons (Fsp3) is 0.432. The molecule has 0 aromatic heterocycles. The van der Waals surface area contributed by atoms with Crippen molar-refractivity contribution in [2.24, 2.45) is 11.8 Å². The second kappa shape index (κ2) is 16.7. The molecule has 0 radical (unpaired) electrons. The average molecular weight is 612 g/mol. The minimum atomic E-state index is -0.936. The van der Waals surface area contributed by atoms with Crippen LogP contribution >= 0.6 is 0 Å². The van der Waals surface area contributed by atoms with E-state index in [1.165, 1.54) is 0 Å². The molecule has 3 N–H and O–H groups in total. The Bertz CT molecular complexity index is 1470. The van der Waals surface area contributed by atoms with E-state index >= 15 is 0 Å². The molecule has 0 unspecified atom stereocenters. The monoisotopic (exact) mass is 611 g/mol. The van der Waals surface area contributed by atoms with Crippen molar-refractivity contribution in [3.05, 3.63) is 83.9 Å². The quantitative estimate of drug-likeness (QED) is 0.212. The largest absolute Gasteiger partial charge is 0.345 e. The zero-order valence-electron chi connectivity index (χ0n) is 26.3. The van der Waals surface area contributed by atoms with Gasteiger partial charge in [0.2, 0.25) is 17.7 Å². The summed E-state index contributed by atoms with van der Waals surface area (Å²) in [6.07, 6.45) is 5.61. The first-order valence-electron chi connectivity index (χ1n) is 16.1. The van der Waals surface area contributed by atoms with Crippen LogP contribution in [0.3, 0.4) is 0 Å². The molecule has 238 valence electrons. The molecule has 0 bridgehead atoms. The van der Waals surface area contributed by atoms with Crippen molar-refractivity contribution in [2.75, 3.05) is 0 Å². The summed E-state index contributed by atoms with van der Waals surface area (Å²) in [5, 5.41) is 10.6. The topological polar surface area (TPSA) is 121 Å². The molecule has 0 aliphatic heterocycles. The second-order valence-electron chi connectivity index (χ2n) is 12.6. The Kier molecular flexibility index (Phi) is 12.4. The number of fused-ring (bicyclic) bond motifs is 1. The van der Waals surface area contributed by atoms with Crippen LogP contribution in [0.5, 0.6) is 0 Å². The zero-order valence-corrected chi connectivity index (χ0v) is 26.3. The van der Waals surface area contributed by atoms with Gasteiger partial charge in [0.25, 0.3) is 0 Å². The third-order valence-corrected chi connectivity index (χ3v) is 8.50. The molecule has 3 aromatic rings. The fourth-order valence-electron chi connectivity index (χ4n) is 6.10. The van der Waals surface area contributed by atoms with Crippen molar-refractivity contribution in [2.45, 2.75) is 89.8 Å². The SMILES string of the molecule is CC(C)C[C@H](NC(=O)[C@H](Cc1cccc2ccccc12)NC(=O)Cc1ccccc1)C(=O)N[C@H](C=O)CC[C@H]1CCCCC1=O. The Hall–Kier alpha value is -4.33. The van der Waals surface area contributed by atoms with Gasteiger partial charge in [-0.1, -0.05) is 93.1 Å². The predicted molar refractivity (Wildman–Crippen MR) is 175 cm³/mol. The maximum Gasteiger partial charge on any atom is 0.243 e. The number of aldehydes is 1. The highest BCUT2D eigenvalue weighted by Crippen LogP contribution is 2.25. The van der Waals surface area contributed by atoms with E-state index < -0.39 is 29.9 Å². The van der Waals surface area contributed by atoms with Gasteiger partial charge in [0.05, 0.1) is 12.5 Å². The number of carbonyl (C=O) groups excluding carboxylic acids is 5. The van der Waals surface area contributed by atoms with E-state index in [0.29, 0.717) is 32.0 Å². The van der Waals surface area contributed by atoms with Crippen LogP contribution in [0.25, 0.3) is 10.8 Å². The first-order chi connectivity index (χ1) is 21.7. The van der Waals surface area contributed by atoms with E-state index in [-0.39, 0.29) is 36.4 Å². The van der Waals surface area contributed by atoms with E-state index in [4.69, 9.17) is 0 Å². The van der Waals surface area contributed by atoms with Gasteiger partial charge in [-0.3, -0.25) is 19.2 Å². The van der Waals surface area contributed by atoms with Gasteiger partial charge in [-0.2, -0.15) is 0 Å². The number of rotatable bonds is 15. The maximum atomic E-state index is 13.9. The smallest absolute Gasteiger partial charge is 0.243 e. The van der Waals surface area contributed by atoms with Crippen LogP contribution in [0.4, 0.5) is 0 Å². The zero-order chi connectivity index (χ0) is 32.2. The number of amides is 3. The number of benzene rings is 3. The Morgan fingerprint density at radius 3 is 2.29 bits per heavy atom. The number of ketones is 1. The van der Waals surface area contributed by atoms with Crippen molar-refractivity contribution in [1.29, 1.82) is 0 Å². The highest BCUT2D eigenvalue weighted by Gasteiger charge is 2.30. The van der Waals surface area contributed by atoms with Gasteiger partial charge < -0.3 is 20.7 Å². The number of Topliss-reactive ketones (excluding diaryl/α,β-unsaturated/α-hetero) is 1. The molecule has 8 nitrogen and oxygen atoms in total. The van der Waals surface area contributed by atoms with Gasteiger partial charge in [-0.25, -0.2) is 0 Å². The Balaban J connectivity index is 1.49. The van der Waals surface area contributed by atoms with Crippen LogP contribution in [0.15, 0.2) is 72.8 Å². The predicted octanol–water partition coefficient (Wildman–Crippen LogP) is 4.86. The average Bonchev–Trinajstić information content (AvgIpc) is 3.03. The summed E-state index contributed by atoms with van der Waals surface area (Å²) in [6.45, 7) is 3.90. The first kappa shape index (κ1) is 33.6. The summed E-state index contributed by atoms with van der Waals surface area (Å²) in [7, 11) is 0. The van der Waals surface area contributed by atoms with E-state index in [1.54, 1.807) is 0 Å². The molecule has 0 saturated heterocycles. The summed E-state index contributed by atoms with van der Waals surface area (Å²) in [4.78, 5) is 64.7. The molecule has 8 heteroatoms. The molecule has 3 aromatic carbocycles. The lowest BCUT2D eigenvalue weighted by Gasteiger charge is -2.26. The molecule has 0 heterocycles. The molecule has 4 rings (SSSR count). The summed E-state index contributed by atoms with van der Waals surface area (Å²) < 4.78 is 0. The van der Waals surface area contributed by atoms with Crippen LogP contribution in [0, 0.1) is 11.8 Å². The van der Waals surface area contributed by atoms with Crippen molar-refractivity contribution < 1.29 is 24.0 Å². The van der Waals surface area contributed by atoms with Crippen LogP contribution in [-0.4, -0.2) is 47.9 Å². The number of hydrogen-bond donors (Lipinski definition) is 3. The summed E-state index contributed by atoms with van der Waals surface area (Å²) >= 11 is 0. The van der Waals surface area contributed by atoms with Gasteiger partial charge in [0.1, 0.15) is 24.2 Å². The van der Waals surface area contributed by atoms with Crippen molar-refractivity contribution >= 4 is 40.6 Å². The van der Waals surface area contributed by atoms with Crippen molar-refractivity contribution in [3.63, 3.8) is 0 Å². The highest BCUT2D eigenvalue weighted by molar-refractivity contribution is 5.94. The second-order valence-corrected chi connectivity index (χ2v) is 12.6. The van der Waals surface area contributed by atoms with Crippen molar-refractivity contribution in [3.8, 4) is 0 Å². The molecule has 1 fully saturated rings. The van der Waals surface area contributed by atoms with E-state index in [1.807, 2.05) is 86.6 Å². The molecule has 1 saturated carbocycles. The van der Waals surface area contributed by atoms with E-state index in [9.17, 15) is 24.0 Å². The number of carbonyl (C=O) groups is 5. The molecule has 4 atom stereocenters. The number of nitrogens with one attached hydrogen (secondary N) is 3. The maximum absolute atomic E-state index is 13.9. The molecular formula is C37H45N3O5. The highest BCUT2D eigenvalue weighted by atomic mass is 16.2. The third kappa shape index (κ3) is 10.1. The van der Waals surface area contributed by atoms with Crippen molar-refractivity contribution in [1.82, 2.24) is 16.0 Å². The summed E-state index contributed by atoms with van der Waals surface area (Å²) in [5.41, 5.74) is 1.72. The fourth-order valence-corrected chi connectivity index (χ4v) is 6.10. The summed E-state index contributed by atoms with van der Waals surface area (Å²) in [6, 6.07) is 20.5. The molecule has 3 amide bonds.